The summed E-state index contributed by atoms with van der Waals surface area (Å²) in [7, 11) is 1.27. The zero-order valence-corrected chi connectivity index (χ0v) is 9.47. The molecule has 80 valence electrons. The van der Waals surface area contributed by atoms with Crippen LogP contribution in [0.5, 0.6) is 0 Å². The van der Waals surface area contributed by atoms with Crippen LogP contribution in [-0.2, 0) is 9.53 Å². The van der Waals surface area contributed by atoms with Gasteiger partial charge in [-0.05, 0) is 18.2 Å². The second-order valence-electron chi connectivity index (χ2n) is 2.75. The maximum absolute atomic E-state index is 10.9. The molecule has 3 nitrogen and oxygen atoms in total. The van der Waals surface area contributed by atoms with Crippen LogP contribution in [0.25, 0.3) is 5.03 Å². The fraction of sp³-hybridized carbons (Fsp3) is 0.100. The molecule has 1 aromatic carbocycles. The number of anilines is 1. The third-order valence-corrected chi connectivity index (χ3v) is 2.34. The van der Waals surface area contributed by atoms with Crippen molar-refractivity contribution in [2.24, 2.45) is 0 Å². The van der Waals surface area contributed by atoms with E-state index < -0.39 is 5.97 Å². The number of methoxy groups -OCH3 is 1. The van der Waals surface area contributed by atoms with Crippen molar-refractivity contribution >= 4 is 39.9 Å². The van der Waals surface area contributed by atoms with E-state index in [4.69, 9.17) is 28.9 Å². The Hall–Kier alpha value is -1.19. The number of hydrogen-bond donors (Lipinski definition) is 1. The van der Waals surface area contributed by atoms with Gasteiger partial charge < -0.3 is 10.5 Å². The highest BCUT2D eigenvalue weighted by atomic mass is 35.5. The van der Waals surface area contributed by atoms with Crippen LogP contribution in [0.3, 0.4) is 0 Å². The van der Waals surface area contributed by atoms with Crippen LogP contribution in [0.2, 0.25) is 5.02 Å². The number of rotatable bonds is 2. The molecule has 1 aromatic rings. The summed E-state index contributed by atoms with van der Waals surface area (Å²) < 4.78 is 4.44. The van der Waals surface area contributed by atoms with Gasteiger partial charge in [-0.25, -0.2) is 4.79 Å². The molecule has 1 rings (SSSR count). The number of esters is 1. The predicted molar refractivity (Wildman–Crippen MR) is 61.7 cm³/mol. The molecule has 5 heteroatoms. The Morgan fingerprint density at radius 3 is 2.80 bits per heavy atom. The molecule has 0 aliphatic rings. The summed E-state index contributed by atoms with van der Waals surface area (Å²) in [6, 6.07) is 4.85. The van der Waals surface area contributed by atoms with Gasteiger partial charge in [0.25, 0.3) is 0 Å². The molecule has 15 heavy (non-hydrogen) atoms. The number of carbonyl (C=O) groups excluding carboxylic acids is 1. The molecule has 2 N–H and O–H groups in total. The Morgan fingerprint density at radius 2 is 2.20 bits per heavy atom. The van der Waals surface area contributed by atoms with Gasteiger partial charge in [0.15, 0.2) is 0 Å². The van der Waals surface area contributed by atoms with Crippen molar-refractivity contribution in [1.29, 1.82) is 0 Å². The summed E-state index contributed by atoms with van der Waals surface area (Å²) in [5.41, 5.74) is 6.59. The zero-order chi connectivity index (χ0) is 11.4. The summed E-state index contributed by atoms with van der Waals surface area (Å²) in [6.45, 7) is 0. The van der Waals surface area contributed by atoms with E-state index in [9.17, 15) is 4.79 Å². The van der Waals surface area contributed by atoms with Crippen molar-refractivity contribution in [2.45, 2.75) is 0 Å². The average molecular weight is 246 g/mol. The van der Waals surface area contributed by atoms with Gasteiger partial charge in [0.05, 0.1) is 12.1 Å². The second-order valence-corrected chi connectivity index (χ2v) is 3.57. The lowest BCUT2D eigenvalue weighted by atomic mass is 10.2. The van der Waals surface area contributed by atoms with Gasteiger partial charge in [0.2, 0.25) is 0 Å². The standard InChI is InChI=1S/C10H9Cl2NO2/c1-15-10(14)5-9(12)7-4-6(13)2-3-8(7)11/h2-5H,13H2,1H3. The molecule has 0 atom stereocenters. The molecule has 0 saturated heterocycles. The molecule has 0 aromatic heterocycles. The highest BCUT2D eigenvalue weighted by Crippen LogP contribution is 2.28. The highest BCUT2D eigenvalue weighted by Gasteiger charge is 2.07. The summed E-state index contributed by atoms with van der Waals surface area (Å²) in [5, 5.41) is 0.619. The molecular formula is C10H9Cl2NO2. The van der Waals surface area contributed by atoms with Crippen molar-refractivity contribution < 1.29 is 9.53 Å². The minimum atomic E-state index is -0.543. The summed E-state index contributed by atoms with van der Waals surface area (Å²) >= 11 is 11.8. The second kappa shape index (κ2) is 5.05. The van der Waals surface area contributed by atoms with E-state index in [2.05, 4.69) is 4.74 Å². The van der Waals surface area contributed by atoms with Crippen molar-refractivity contribution in [1.82, 2.24) is 0 Å². The summed E-state index contributed by atoms with van der Waals surface area (Å²) in [6.07, 6.45) is 1.14. The van der Waals surface area contributed by atoms with Crippen LogP contribution in [0.1, 0.15) is 5.56 Å². The van der Waals surface area contributed by atoms with Crippen LogP contribution < -0.4 is 5.73 Å². The molecule has 0 fully saturated rings. The third kappa shape index (κ3) is 3.15. The van der Waals surface area contributed by atoms with Crippen LogP contribution >= 0.6 is 23.2 Å². The average Bonchev–Trinajstić information content (AvgIpc) is 2.21. The van der Waals surface area contributed by atoms with Gasteiger partial charge in [-0.2, -0.15) is 0 Å². The molecular weight excluding hydrogens is 237 g/mol. The lowest BCUT2D eigenvalue weighted by molar-refractivity contribution is -0.134. The number of benzene rings is 1. The van der Waals surface area contributed by atoms with Gasteiger partial charge in [-0.3, -0.25) is 0 Å². The predicted octanol–water partition coefficient (Wildman–Crippen LogP) is 2.67. The first-order valence-corrected chi connectivity index (χ1v) is 4.80. The van der Waals surface area contributed by atoms with E-state index in [-0.39, 0.29) is 5.03 Å². The van der Waals surface area contributed by atoms with Crippen LogP contribution in [0.4, 0.5) is 5.69 Å². The van der Waals surface area contributed by atoms with E-state index in [1.54, 1.807) is 18.2 Å². The number of hydrogen-bond acceptors (Lipinski definition) is 3. The van der Waals surface area contributed by atoms with E-state index in [0.29, 0.717) is 16.3 Å². The number of halogens is 2. The minimum Gasteiger partial charge on any atom is -0.466 e. The van der Waals surface area contributed by atoms with Gasteiger partial charge in [0.1, 0.15) is 0 Å². The minimum absolute atomic E-state index is 0.194. The number of ether oxygens (including phenoxy) is 1. The SMILES string of the molecule is COC(=O)C=C(Cl)c1cc(N)ccc1Cl. The number of nitrogen functional groups attached to an aromatic ring is 1. The van der Waals surface area contributed by atoms with Gasteiger partial charge >= 0.3 is 5.97 Å². The smallest absolute Gasteiger partial charge is 0.331 e. The van der Waals surface area contributed by atoms with Crippen LogP contribution in [0, 0.1) is 0 Å². The lowest BCUT2D eigenvalue weighted by Gasteiger charge is -2.03. The molecule has 0 spiro atoms. The molecule has 0 heterocycles. The number of nitrogens with two attached hydrogens (primary N) is 1. The Morgan fingerprint density at radius 1 is 1.53 bits per heavy atom. The monoisotopic (exact) mass is 245 g/mol. The molecule has 0 unspecified atom stereocenters. The zero-order valence-electron chi connectivity index (χ0n) is 7.96. The normalized spacial score (nSPS) is 11.3. The highest BCUT2D eigenvalue weighted by molar-refractivity contribution is 6.51. The van der Waals surface area contributed by atoms with Crippen molar-refractivity contribution in [3.8, 4) is 0 Å². The maximum atomic E-state index is 10.9. The fourth-order valence-electron chi connectivity index (χ4n) is 0.966. The topological polar surface area (TPSA) is 52.3 Å². The largest absolute Gasteiger partial charge is 0.466 e. The Bertz CT molecular complexity index is 416. The van der Waals surface area contributed by atoms with E-state index in [1.807, 2.05) is 0 Å². The van der Waals surface area contributed by atoms with Gasteiger partial charge in [-0.15, -0.1) is 0 Å². The van der Waals surface area contributed by atoms with Crippen LogP contribution in [0.15, 0.2) is 24.3 Å². The Kier molecular flexibility index (Phi) is 4.00. The van der Waals surface area contributed by atoms with E-state index in [1.165, 1.54) is 7.11 Å². The van der Waals surface area contributed by atoms with Crippen molar-refractivity contribution in [2.75, 3.05) is 12.8 Å². The van der Waals surface area contributed by atoms with E-state index >= 15 is 0 Å². The van der Waals surface area contributed by atoms with Crippen LogP contribution in [-0.4, -0.2) is 13.1 Å². The Labute approximate surface area is 97.4 Å². The first kappa shape index (κ1) is 11.9. The third-order valence-electron chi connectivity index (χ3n) is 1.69. The number of carbonyl (C=O) groups is 1. The molecule has 0 aliphatic heterocycles. The van der Waals surface area contributed by atoms with Gasteiger partial charge in [0, 0.05) is 22.3 Å². The first-order valence-electron chi connectivity index (χ1n) is 4.05. The molecule has 0 bridgehead atoms. The van der Waals surface area contributed by atoms with Crippen molar-refractivity contribution in [3.63, 3.8) is 0 Å². The molecule has 0 saturated carbocycles. The molecule has 0 amide bonds. The van der Waals surface area contributed by atoms with Crippen molar-refractivity contribution in [3.05, 3.63) is 34.9 Å². The quantitative estimate of drug-likeness (QED) is 0.495. The summed E-state index contributed by atoms with van der Waals surface area (Å²) in [4.78, 5) is 10.9. The molecule has 0 aliphatic carbocycles. The maximum Gasteiger partial charge on any atom is 0.331 e. The van der Waals surface area contributed by atoms with E-state index in [0.717, 1.165) is 6.08 Å². The van der Waals surface area contributed by atoms with Gasteiger partial charge in [-0.1, -0.05) is 23.2 Å². The fourth-order valence-corrected chi connectivity index (χ4v) is 1.48. The molecule has 0 radical (unpaired) electrons. The first-order chi connectivity index (χ1) is 7.04. The lowest BCUT2D eigenvalue weighted by Crippen LogP contribution is -1.95. The summed E-state index contributed by atoms with van der Waals surface area (Å²) in [5.74, 6) is -0.543. The Balaban J connectivity index is 3.10.